The van der Waals surface area contributed by atoms with Gasteiger partial charge in [-0.1, -0.05) is 68.2 Å². The standard InChI is InChI=1S/C29H35Cl2N3O4S/c1-18(2)25(17-39(38,19(3)4)33-32-6)34-27(20-10-12-22(30)13-11-20)24(21-8-7-9-23(31)14-21)15-29(5,28(34)37)16-26(35)36/h7-14,18-19,24-25,27H,15-17H2,1-5H3,(H,35,36)/t24-,25-,27-,29-,39?/m1/s1. The van der Waals surface area contributed by atoms with E-state index in [0.717, 1.165) is 11.1 Å². The molecule has 1 N–H and O–H groups in total. The fraction of sp³-hybridized carbons (Fsp3) is 0.483. The summed E-state index contributed by atoms with van der Waals surface area (Å²) in [6.07, 6.45) is -0.0808. The summed E-state index contributed by atoms with van der Waals surface area (Å²) in [5.74, 6) is -1.89. The molecule has 3 rings (SSSR count). The van der Waals surface area contributed by atoms with E-state index in [1.165, 1.54) is 0 Å². The van der Waals surface area contributed by atoms with E-state index < -0.39 is 38.4 Å². The molecule has 0 spiro atoms. The van der Waals surface area contributed by atoms with Crippen molar-refractivity contribution in [1.29, 1.82) is 0 Å². The first kappa shape index (κ1) is 30.9. The van der Waals surface area contributed by atoms with Crippen LogP contribution < -0.4 is 0 Å². The van der Waals surface area contributed by atoms with Crippen molar-refractivity contribution in [3.05, 3.63) is 81.2 Å². The molecule has 1 unspecified atom stereocenters. The topological polar surface area (TPSA) is 91.4 Å². The van der Waals surface area contributed by atoms with Crippen LogP contribution in [0.4, 0.5) is 0 Å². The van der Waals surface area contributed by atoms with Gasteiger partial charge < -0.3 is 10.0 Å². The van der Waals surface area contributed by atoms with E-state index in [1.807, 2.05) is 44.2 Å². The molecule has 0 aliphatic carbocycles. The lowest BCUT2D eigenvalue weighted by atomic mass is 9.66. The number of halogens is 2. The summed E-state index contributed by atoms with van der Waals surface area (Å²) >= 11 is 12.6. The van der Waals surface area contributed by atoms with Crippen molar-refractivity contribution in [2.75, 3.05) is 5.75 Å². The Kier molecular flexibility index (Phi) is 9.74. The first-order valence-electron chi connectivity index (χ1n) is 12.9. The minimum absolute atomic E-state index is 0.00798. The molecule has 1 saturated heterocycles. The average Bonchev–Trinajstić information content (AvgIpc) is 2.84. The predicted octanol–water partition coefficient (Wildman–Crippen LogP) is 7.27. The van der Waals surface area contributed by atoms with Crippen molar-refractivity contribution in [2.45, 2.75) is 70.7 Å². The maximum Gasteiger partial charge on any atom is 0.304 e. The Labute approximate surface area is 241 Å². The van der Waals surface area contributed by atoms with Crippen LogP contribution >= 0.6 is 23.2 Å². The van der Waals surface area contributed by atoms with Crippen molar-refractivity contribution in [3.63, 3.8) is 0 Å². The third-order valence-electron chi connectivity index (χ3n) is 7.58. The number of rotatable bonds is 9. The molecule has 7 nitrogen and oxygen atoms in total. The van der Waals surface area contributed by atoms with Gasteiger partial charge in [0.15, 0.2) is 0 Å². The van der Waals surface area contributed by atoms with Crippen LogP contribution in [0.3, 0.4) is 0 Å². The van der Waals surface area contributed by atoms with E-state index in [2.05, 4.69) is 9.43 Å². The lowest BCUT2D eigenvalue weighted by Gasteiger charge is -2.52. The molecule has 210 valence electrons. The largest absolute Gasteiger partial charge is 0.481 e. The zero-order chi connectivity index (χ0) is 29.1. The number of carbonyl (C=O) groups is 2. The Morgan fingerprint density at radius 2 is 1.79 bits per heavy atom. The second kappa shape index (κ2) is 12.3. The number of likely N-dealkylation sites (tertiary alicyclic amines) is 1. The zero-order valence-corrected chi connectivity index (χ0v) is 25.1. The summed E-state index contributed by atoms with van der Waals surface area (Å²) in [5, 5.41) is 10.5. The fourth-order valence-corrected chi connectivity index (χ4v) is 7.61. The fourth-order valence-electron chi connectivity index (χ4n) is 5.47. The van der Waals surface area contributed by atoms with Crippen molar-refractivity contribution in [1.82, 2.24) is 4.90 Å². The smallest absolute Gasteiger partial charge is 0.304 e. The number of benzene rings is 2. The number of nitrogens with zero attached hydrogens (tertiary/aromatic N) is 3. The number of hydrogen-bond donors (Lipinski definition) is 1. The van der Waals surface area contributed by atoms with Gasteiger partial charge in [-0.2, -0.15) is 6.57 Å². The highest BCUT2D eigenvalue weighted by Gasteiger charge is 2.53. The molecular weight excluding hydrogens is 557 g/mol. The van der Waals surface area contributed by atoms with Crippen LogP contribution in [-0.4, -0.2) is 43.1 Å². The third kappa shape index (κ3) is 6.77. The highest BCUT2D eigenvalue weighted by molar-refractivity contribution is 7.94. The van der Waals surface area contributed by atoms with Gasteiger partial charge in [-0.05, 0) is 61.6 Å². The molecule has 0 radical (unpaired) electrons. The number of carboxylic acid groups (broad SMARTS) is 1. The minimum atomic E-state index is -3.02. The van der Waals surface area contributed by atoms with E-state index in [-0.39, 0.29) is 36.3 Å². The first-order valence-corrected chi connectivity index (χ1v) is 15.4. The van der Waals surface area contributed by atoms with Gasteiger partial charge in [-0.15, -0.1) is 4.95 Å². The predicted molar refractivity (Wildman–Crippen MR) is 156 cm³/mol. The first-order chi connectivity index (χ1) is 18.2. The number of piperidine rings is 1. The van der Waals surface area contributed by atoms with Crippen molar-refractivity contribution in [2.24, 2.45) is 15.8 Å². The van der Waals surface area contributed by atoms with Gasteiger partial charge in [0.25, 0.3) is 0 Å². The van der Waals surface area contributed by atoms with Crippen LogP contribution in [-0.2, 0) is 19.3 Å². The Morgan fingerprint density at radius 3 is 2.31 bits per heavy atom. The van der Waals surface area contributed by atoms with Gasteiger partial charge in [-0.25, -0.2) is 4.21 Å². The molecule has 39 heavy (non-hydrogen) atoms. The SMILES string of the molecule is [C-]#[N+]N=S(=O)(C[C@H](C(C)C)N1C(=O)[C@@](C)(CC(=O)O)C[C@H](c2cccc(Cl)c2)[C@H]1c1ccc(Cl)cc1)C(C)C. The zero-order valence-electron chi connectivity index (χ0n) is 22.8. The number of aliphatic carboxylic acids is 1. The quantitative estimate of drug-likeness (QED) is 0.245. The Hall–Kier alpha value is -2.60. The Balaban J connectivity index is 2.34. The van der Waals surface area contributed by atoms with E-state index in [9.17, 15) is 18.9 Å². The lowest BCUT2D eigenvalue weighted by Crippen LogP contribution is -2.59. The van der Waals surface area contributed by atoms with Crippen LogP contribution in [0.2, 0.25) is 10.0 Å². The van der Waals surface area contributed by atoms with E-state index >= 15 is 0 Å². The highest BCUT2D eigenvalue weighted by atomic mass is 35.5. The van der Waals surface area contributed by atoms with Gasteiger partial charge >= 0.3 is 5.97 Å². The molecule has 0 saturated carbocycles. The van der Waals surface area contributed by atoms with Crippen molar-refractivity contribution in [3.8, 4) is 0 Å². The molecule has 0 aromatic heterocycles. The van der Waals surface area contributed by atoms with Crippen LogP contribution in [0.15, 0.2) is 53.0 Å². The van der Waals surface area contributed by atoms with Crippen molar-refractivity contribution < 1.29 is 18.9 Å². The Bertz CT molecular complexity index is 1380. The number of hydrogen-bond acceptors (Lipinski definition) is 4. The maximum absolute atomic E-state index is 14.5. The van der Waals surface area contributed by atoms with Crippen LogP contribution in [0, 0.1) is 17.9 Å². The van der Waals surface area contributed by atoms with E-state index in [0.29, 0.717) is 10.0 Å². The Morgan fingerprint density at radius 1 is 1.15 bits per heavy atom. The maximum atomic E-state index is 14.5. The normalized spacial score (nSPS) is 23.8. The molecule has 1 amide bonds. The molecule has 1 heterocycles. The van der Waals surface area contributed by atoms with Gasteiger partial charge in [0, 0.05) is 27.3 Å². The molecule has 2 aromatic rings. The third-order valence-corrected chi connectivity index (χ3v) is 10.7. The molecule has 1 aliphatic rings. The second-order valence-corrected chi connectivity index (χ2v) is 14.8. The van der Waals surface area contributed by atoms with E-state index in [1.54, 1.807) is 43.9 Å². The number of carboxylic acids is 1. The van der Waals surface area contributed by atoms with Crippen molar-refractivity contribution >= 4 is 44.8 Å². The second-order valence-electron chi connectivity index (χ2n) is 11.1. The number of carbonyl (C=O) groups excluding carboxylic acids is 1. The van der Waals surface area contributed by atoms with Crippen LogP contribution in [0.5, 0.6) is 0 Å². The monoisotopic (exact) mass is 591 g/mol. The van der Waals surface area contributed by atoms with E-state index in [4.69, 9.17) is 29.8 Å². The average molecular weight is 593 g/mol. The molecule has 1 fully saturated rings. The van der Waals surface area contributed by atoms with Gasteiger partial charge in [0.2, 0.25) is 5.91 Å². The molecule has 10 heteroatoms. The van der Waals surface area contributed by atoms with Crippen LogP contribution in [0.25, 0.3) is 4.95 Å². The summed E-state index contributed by atoms with van der Waals surface area (Å²) in [7, 11) is -3.02. The number of amides is 1. The van der Waals surface area contributed by atoms with Gasteiger partial charge in [-0.3, -0.25) is 9.59 Å². The minimum Gasteiger partial charge on any atom is -0.481 e. The van der Waals surface area contributed by atoms with Gasteiger partial charge in [0.1, 0.15) is 14.2 Å². The molecule has 0 bridgehead atoms. The van der Waals surface area contributed by atoms with Gasteiger partial charge in [0.05, 0.1) is 23.6 Å². The molecular formula is C29H35Cl2N3O4S. The summed E-state index contributed by atoms with van der Waals surface area (Å²) < 4.78 is 17.8. The highest BCUT2D eigenvalue weighted by Crippen LogP contribution is 2.52. The summed E-state index contributed by atoms with van der Waals surface area (Å²) in [6.45, 7) is 16.4. The summed E-state index contributed by atoms with van der Waals surface area (Å²) in [4.78, 5) is 31.3. The summed E-state index contributed by atoms with van der Waals surface area (Å²) in [6, 6.07) is 13.5. The lowest BCUT2D eigenvalue weighted by molar-refractivity contribution is -0.161. The molecule has 1 aliphatic heterocycles. The molecule has 5 atom stereocenters. The summed E-state index contributed by atoms with van der Waals surface area (Å²) in [5.41, 5.74) is 0.457. The molecule has 2 aromatic carbocycles. The van der Waals surface area contributed by atoms with Crippen LogP contribution in [0.1, 0.15) is 70.5 Å².